The molecule has 166 valence electrons. The molecule has 2 heterocycles. The summed E-state index contributed by atoms with van der Waals surface area (Å²) in [6.45, 7) is 4.07. The molecule has 32 heavy (non-hydrogen) atoms. The van der Waals surface area contributed by atoms with E-state index in [4.69, 9.17) is 0 Å². The molecule has 0 saturated heterocycles. The summed E-state index contributed by atoms with van der Waals surface area (Å²) in [5, 5.41) is 14.2. The first kappa shape index (κ1) is 21.4. The molecule has 2 amide bonds. The molecule has 0 spiro atoms. The number of aromatic nitrogens is 2. The van der Waals surface area contributed by atoms with Crippen LogP contribution < -0.4 is 14.9 Å². The normalized spacial score (nSPS) is 18.0. The van der Waals surface area contributed by atoms with Crippen molar-refractivity contribution in [3.05, 3.63) is 48.0 Å². The van der Waals surface area contributed by atoms with Gasteiger partial charge in [-0.2, -0.15) is 13.2 Å². The maximum Gasteiger partial charge on any atom is 0.481 e. The minimum atomic E-state index is -4.50. The van der Waals surface area contributed by atoms with Gasteiger partial charge in [0.25, 0.3) is 0 Å². The van der Waals surface area contributed by atoms with Crippen molar-refractivity contribution in [1.82, 2.24) is 14.7 Å². The number of amides is 2. The maximum atomic E-state index is 13.1. The Morgan fingerprint density at radius 2 is 1.88 bits per heavy atom. The lowest BCUT2D eigenvalue weighted by molar-refractivity contribution is -0.137. The Balaban J connectivity index is 1.62. The zero-order valence-electron chi connectivity index (χ0n) is 17.4. The molecule has 0 bridgehead atoms. The van der Waals surface area contributed by atoms with E-state index in [0.29, 0.717) is 17.2 Å². The number of carbonyl (C=O) groups is 1. The highest BCUT2D eigenvalue weighted by atomic mass is 19.4. The number of hydrogen-bond donors (Lipinski definition) is 2. The Hall–Kier alpha value is -3.80. The molecule has 12 heteroatoms. The maximum absolute atomic E-state index is 13.1. The van der Waals surface area contributed by atoms with E-state index < -0.39 is 22.5 Å². The summed E-state index contributed by atoms with van der Waals surface area (Å²) in [7, 11) is 1.92. The smallest absolute Gasteiger partial charge is 0.343 e. The number of nitrogens with zero attached hydrogens (tertiary/aromatic N) is 6. The number of anilines is 2. The number of imidazole rings is 1. The minimum absolute atomic E-state index is 0.108. The average Bonchev–Trinajstić information content (AvgIpc) is 3.40. The zero-order chi connectivity index (χ0) is 23.1. The van der Waals surface area contributed by atoms with Gasteiger partial charge in [0.1, 0.15) is 0 Å². The molecular weight excluding hydrogens is 425 g/mol. The van der Waals surface area contributed by atoms with E-state index in [2.05, 4.69) is 30.7 Å². The molecular formula is C20H20F3N8O+. The summed E-state index contributed by atoms with van der Waals surface area (Å²) in [4.78, 5) is 22.8. The summed E-state index contributed by atoms with van der Waals surface area (Å²) in [5.41, 5.74) is 1.13. The highest BCUT2D eigenvalue weighted by Crippen LogP contribution is 2.34. The van der Waals surface area contributed by atoms with Crippen LogP contribution in [0.1, 0.15) is 19.4 Å². The van der Waals surface area contributed by atoms with Crippen LogP contribution in [0, 0.1) is 0 Å². The van der Waals surface area contributed by atoms with Gasteiger partial charge < -0.3 is 9.88 Å². The second kappa shape index (κ2) is 7.71. The summed E-state index contributed by atoms with van der Waals surface area (Å²) in [6, 6.07) is 8.69. The minimum Gasteiger partial charge on any atom is -0.343 e. The van der Waals surface area contributed by atoms with Gasteiger partial charge in [0, 0.05) is 30.9 Å². The van der Waals surface area contributed by atoms with Crippen LogP contribution in [0.15, 0.2) is 57.9 Å². The highest BCUT2D eigenvalue weighted by Gasteiger charge is 2.45. The third kappa shape index (κ3) is 3.80. The fraction of sp³-hybridized carbons (Fsp3) is 0.250. The number of urea groups is 1. The van der Waals surface area contributed by atoms with Crippen LogP contribution in [-0.4, -0.2) is 35.4 Å². The molecule has 2 aromatic carbocycles. The number of alkyl halides is 3. The number of H-pyrrole nitrogens is 1. The van der Waals surface area contributed by atoms with Crippen LogP contribution >= 0.6 is 0 Å². The topological polar surface area (TPSA) is 98.1 Å². The van der Waals surface area contributed by atoms with Crippen LogP contribution in [0.2, 0.25) is 0 Å². The van der Waals surface area contributed by atoms with E-state index in [0.717, 1.165) is 36.1 Å². The molecule has 1 aromatic heterocycles. The fourth-order valence-electron chi connectivity index (χ4n) is 3.09. The van der Waals surface area contributed by atoms with E-state index in [9.17, 15) is 18.0 Å². The van der Waals surface area contributed by atoms with Gasteiger partial charge in [-0.05, 0) is 49.3 Å². The second-order valence-electron chi connectivity index (χ2n) is 7.51. The molecule has 1 atom stereocenters. The van der Waals surface area contributed by atoms with Gasteiger partial charge >= 0.3 is 12.2 Å². The van der Waals surface area contributed by atoms with E-state index in [-0.39, 0.29) is 11.7 Å². The number of carbonyl (C=O) groups excluding carboxylic acids is 1. The number of rotatable bonds is 4. The SMILES string of the molecule is CC(C)N(C)c1nc2ccc(NC(=O)[N+]3(c4ccc(C(F)(F)F)cc4)N=CN=N3)cc2[nH]1. The first-order chi connectivity index (χ1) is 15.1. The Labute approximate surface area is 180 Å². The van der Waals surface area contributed by atoms with Crippen LogP contribution in [0.4, 0.5) is 35.3 Å². The van der Waals surface area contributed by atoms with E-state index in [1.165, 1.54) is 0 Å². The number of aromatic amines is 1. The van der Waals surface area contributed by atoms with Crippen molar-refractivity contribution in [2.45, 2.75) is 26.1 Å². The Morgan fingerprint density at radius 3 is 2.47 bits per heavy atom. The molecule has 3 aromatic rings. The average molecular weight is 445 g/mol. The number of hydrogen-bond acceptors (Lipinski definition) is 6. The lowest BCUT2D eigenvalue weighted by Gasteiger charge is -2.19. The molecule has 9 nitrogen and oxygen atoms in total. The standard InChI is InChI=1S/C20H19F3N8O/c1-12(2)30(3)18-27-16-9-6-14(10-17(16)28-18)26-19(32)31(25-11-24-29-31)15-7-4-13(5-8-15)20(21,22)23/h4-12H,1-3H3,(H-,24,25,26,27,28,29,32)/p+1. The molecule has 0 radical (unpaired) electrons. The largest absolute Gasteiger partial charge is 0.481 e. The number of quaternary nitrogens is 1. The van der Waals surface area contributed by atoms with Crippen LogP contribution in [0.5, 0.6) is 0 Å². The third-order valence-corrected chi connectivity index (χ3v) is 5.12. The van der Waals surface area contributed by atoms with Gasteiger partial charge in [0.15, 0.2) is 5.69 Å². The Kier molecular flexibility index (Phi) is 5.17. The second-order valence-corrected chi connectivity index (χ2v) is 7.51. The fourth-order valence-corrected chi connectivity index (χ4v) is 3.09. The van der Waals surface area contributed by atoms with Crippen molar-refractivity contribution in [1.29, 1.82) is 0 Å². The predicted molar refractivity (Wildman–Crippen MR) is 115 cm³/mol. The molecule has 1 aliphatic rings. The summed E-state index contributed by atoms with van der Waals surface area (Å²) in [5.74, 6) is 0.685. The van der Waals surface area contributed by atoms with Gasteiger partial charge in [-0.25, -0.2) is 9.78 Å². The summed E-state index contributed by atoms with van der Waals surface area (Å²) < 4.78 is 37.7. The molecule has 4 rings (SSSR count). The zero-order valence-corrected chi connectivity index (χ0v) is 17.4. The van der Waals surface area contributed by atoms with Gasteiger partial charge in [0.05, 0.1) is 26.5 Å². The van der Waals surface area contributed by atoms with Crippen molar-refractivity contribution >= 4 is 40.7 Å². The lowest BCUT2D eigenvalue weighted by atomic mass is 10.2. The van der Waals surface area contributed by atoms with Crippen LogP contribution in [0.25, 0.3) is 11.0 Å². The van der Waals surface area contributed by atoms with Crippen molar-refractivity contribution in [3.63, 3.8) is 0 Å². The monoisotopic (exact) mass is 445 g/mol. The molecule has 1 aliphatic heterocycles. The highest BCUT2D eigenvalue weighted by molar-refractivity contribution is 5.99. The molecule has 1 unspecified atom stereocenters. The van der Waals surface area contributed by atoms with Gasteiger partial charge in [0.2, 0.25) is 12.3 Å². The summed E-state index contributed by atoms with van der Waals surface area (Å²) >= 11 is 0. The molecule has 0 fully saturated rings. The number of halogens is 3. The summed E-state index contributed by atoms with van der Waals surface area (Å²) in [6.07, 6.45) is -3.42. The van der Waals surface area contributed by atoms with Gasteiger partial charge in [-0.3, -0.25) is 5.32 Å². The quantitative estimate of drug-likeness (QED) is 0.534. The van der Waals surface area contributed by atoms with Crippen molar-refractivity contribution in [2.75, 3.05) is 17.3 Å². The van der Waals surface area contributed by atoms with E-state index in [1.54, 1.807) is 18.2 Å². The number of nitrogens with one attached hydrogen (secondary N) is 2. The number of fused-ring (bicyclic) bond motifs is 1. The lowest BCUT2D eigenvalue weighted by Crippen LogP contribution is -2.45. The third-order valence-electron chi connectivity index (χ3n) is 5.12. The first-order valence-corrected chi connectivity index (χ1v) is 9.68. The van der Waals surface area contributed by atoms with Gasteiger partial charge in [-0.15, -0.1) is 0 Å². The predicted octanol–water partition coefficient (Wildman–Crippen LogP) is 5.29. The Bertz CT molecular complexity index is 1200. The first-order valence-electron chi connectivity index (χ1n) is 9.68. The molecule has 2 N–H and O–H groups in total. The van der Waals surface area contributed by atoms with Crippen molar-refractivity contribution in [2.24, 2.45) is 15.4 Å². The van der Waals surface area contributed by atoms with Crippen LogP contribution in [0.3, 0.4) is 0 Å². The van der Waals surface area contributed by atoms with Crippen molar-refractivity contribution < 1.29 is 18.0 Å². The van der Waals surface area contributed by atoms with E-state index in [1.807, 2.05) is 25.8 Å². The molecule has 0 aliphatic carbocycles. The Morgan fingerprint density at radius 1 is 1.16 bits per heavy atom. The van der Waals surface area contributed by atoms with Gasteiger partial charge in [-0.1, -0.05) is 5.11 Å². The number of benzene rings is 2. The molecule has 0 saturated carbocycles. The van der Waals surface area contributed by atoms with Crippen molar-refractivity contribution in [3.8, 4) is 0 Å². The van der Waals surface area contributed by atoms with Crippen LogP contribution in [-0.2, 0) is 6.18 Å². The van der Waals surface area contributed by atoms with E-state index >= 15 is 0 Å².